The average Bonchev–Trinajstić information content (AvgIpc) is 2.96. The number of rotatable bonds is 7. The van der Waals surface area contributed by atoms with E-state index in [4.69, 9.17) is 9.84 Å². The summed E-state index contributed by atoms with van der Waals surface area (Å²) in [6.45, 7) is 3.78. The quantitative estimate of drug-likeness (QED) is 0.840. The molecule has 120 valence electrons. The fourth-order valence-electron chi connectivity index (χ4n) is 3.38. The number of benzene rings is 1. The first-order valence-electron chi connectivity index (χ1n) is 8.37. The zero-order valence-corrected chi connectivity index (χ0v) is 13.0. The Morgan fingerprint density at radius 3 is 2.73 bits per heavy atom. The van der Waals surface area contributed by atoms with E-state index in [1.807, 2.05) is 12.1 Å². The van der Waals surface area contributed by atoms with Crippen molar-refractivity contribution in [3.8, 4) is 0 Å². The Morgan fingerprint density at radius 1 is 1.23 bits per heavy atom. The molecular weight excluding hydrogens is 278 g/mol. The molecule has 1 aliphatic heterocycles. The molecule has 1 heterocycles. The molecule has 4 heteroatoms. The van der Waals surface area contributed by atoms with Gasteiger partial charge in [-0.2, -0.15) is 0 Å². The highest BCUT2D eigenvalue weighted by Gasteiger charge is 2.24. The van der Waals surface area contributed by atoms with Crippen molar-refractivity contribution >= 4 is 5.97 Å². The van der Waals surface area contributed by atoms with Gasteiger partial charge in [-0.3, -0.25) is 4.90 Å². The highest BCUT2D eigenvalue weighted by atomic mass is 16.5. The molecule has 1 saturated carbocycles. The zero-order valence-electron chi connectivity index (χ0n) is 13.0. The van der Waals surface area contributed by atoms with E-state index in [1.54, 1.807) is 12.1 Å². The van der Waals surface area contributed by atoms with Gasteiger partial charge in [-0.15, -0.1) is 0 Å². The SMILES string of the molecule is O=C(O)c1cccc(CN(CC2CCC2)C[C@@H]2CCCO2)c1. The van der Waals surface area contributed by atoms with Crippen LogP contribution in [0.2, 0.25) is 0 Å². The minimum Gasteiger partial charge on any atom is -0.478 e. The van der Waals surface area contributed by atoms with Crippen molar-refractivity contribution in [1.82, 2.24) is 4.90 Å². The number of carboxylic acid groups (broad SMARTS) is 1. The van der Waals surface area contributed by atoms with Crippen LogP contribution in [-0.4, -0.2) is 41.8 Å². The maximum absolute atomic E-state index is 11.1. The molecular formula is C18H25NO3. The van der Waals surface area contributed by atoms with Crippen molar-refractivity contribution in [2.75, 3.05) is 19.7 Å². The monoisotopic (exact) mass is 303 g/mol. The average molecular weight is 303 g/mol. The maximum atomic E-state index is 11.1. The molecule has 0 amide bonds. The summed E-state index contributed by atoms with van der Waals surface area (Å²) in [4.78, 5) is 13.6. The summed E-state index contributed by atoms with van der Waals surface area (Å²) in [6, 6.07) is 7.32. The smallest absolute Gasteiger partial charge is 0.335 e. The number of nitrogens with zero attached hydrogens (tertiary/aromatic N) is 1. The van der Waals surface area contributed by atoms with Crippen LogP contribution in [0.25, 0.3) is 0 Å². The first kappa shape index (κ1) is 15.5. The molecule has 1 saturated heterocycles. The predicted molar refractivity (Wildman–Crippen MR) is 85.0 cm³/mol. The lowest BCUT2D eigenvalue weighted by molar-refractivity contribution is 0.0579. The normalized spacial score (nSPS) is 22.0. The lowest BCUT2D eigenvalue weighted by atomic mass is 9.85. The lowest BCUT2D eigenvalue weighted by Crippen LogP contribution is -2.37. The molecule has 1 aliphatic carbocycles. The highest BCUT2D eigenvalue weighted by molar-refractivity contribution is 5.87. The van der Waals surface area contributed by atoms with Crippen LogP contribution in [-0.2, 0) is 11.3 Å². The Morgan fingerprint density at radius 2 is 2.09 bits per heavy atom. The van der Waals surface area contributed by atoms with E-state index in [-0.39, 0.29) is 0 Å². The number of hydrogen-bond donors (Lipinski definition) is 1. The van der Waals surface area contributed by atoms with Gasteiger partial charge in [0.25, 0.3) is 0 Å². The highest BCUT2D eigenvalue weighted by Crippen LogP contribution is 2.28. The van der Waals surface area contributed by atoms with Gasteiger partial charge in [0.1, 0.15) is 0 Å². The van der Waals surface area contributed by atoms with E-state index >= 15 is 0 Å². The van der Waals surface area contributed by atoms with E-state index in [0.717, 1.165) is 50.6 Å². The van der Waals surface area contributed by atoms with Crippen LogP contribution in [0, 0.1) is 5.92 Å². The molecule has 0 unspecified atom stereocenters. The molecule has 0 spiro atoms. The molecule has 1 N–H and O–H groups in total. The number of ether oxygens (including phenoxy) is 1. The summed E-state index contributed by atoms with van der Waals surface area (Å²) in [6.07, 6.45) is 6.68. The summed E-state index contributed by atoms with van der Waals surface area (Å²) in [5.41, 5.74) is 1.45. The zero-order chi connectivity index (χ0) is 15.4. The molecule has 1 aromatic carbocycles. The molecule has 4 nitrogen and oxygen atoms in total. The van der Waals surface area contributed by atoms with Crippen LogP contribution in [0.4, 0.5) is 0 Å². The Balaban J connectivity index is 1.64. The molecule has 3 rings (SSSR count). The summed E-state index contributed by atoms with van der Waals surface area (Å²) in [5.74, 6) is -0.0458. The second-order valence-electron chi connectivity index (χ2n) is 6.63. The molecule has 2 fully saturated rings. The second-order valence-corrected chi connectivity index (χ2v) is 6.63. The summed E-state index contributed by atoms with van der Waals surface area (Å²) in [7, 11) is 0. The van der Waals surface area contributed by atoms with Crippen molar-refractivity contribution in [3.63, 3.8) is 0 Å². The van der Waals surface area contributed by atoms with Gasteiger partial charge >= 0.3 is 5.97 Å². The van der Waals surface area contributed by atoms with Gasteiger partial charge in [0.2, 0.25) is 0 Å². The first-order valence-corrected chi connectivity index (χ1v) is 8.37. The maximum Gasteiger partial charge on any atom is 0.335 e. The van der Waals surface area contributed by atoms with Crippen molar-refractivity contribution in [2.45, 2.75) is 44.8 Å². The minimum absolute atomic E-state index is 0.350. The van der Waals surface area contributed by atoms with Crippen LogP contribution < -0.4 is 0 Å². The standard InChI is InChI=1S/C18H25NO3/c20-18(21)16-7-2-6-15(10-16)12-19(11-14-4-1-5-14)13-17-8-3-9-22-17/h2,6-7,10,14,17H,1,3-5,8-9,11-13H2,(H,20,21)/t17-/m0/s1. The molecule has 0 bridgehead atoms. The molecule has 1 atom stereocenters. The number of hydrogen-bond acceptors (Lipinski definition) is 3. The molecule has 0 aromatic heterocycles. The third kappa shape index (κ3) is 4.08. The van der Waals surface area contributed by atoms with E-state index in [9.17, 15) is 4.79 Å². The molecule has 0 radical (unpaired) electrons. The summed E-state index contributed by atoms with van der Waals surface area (Å²) < 4.78 is 5.78. The second kappa shape index (κ2) is 7.25. The molecule has 1 aromatic rings. The fraction of sp³-hybridized carbons (Fsp3) is 0.611. The van der Waals surface area contributed by atoms with Gasteiger partial charge in [-0.1, -0.05) is 18.6 Å². The van der Waals surface area contributed by atoms with Gasteiger partial charge in [0, 0.05) is 26.2 Å². The molecule has 2 aliphatic rings. The first-order chi connectivity index (χ1) is 10.7. The third-order valence-corrected chi connectivity index (χ3v) is 4.81. The van der Waals surface area contributed by atoms with E-state index in [1.165, 1.54) is 19.3 Å². The van der Waals surface area contributed by atoms with Crippen LogP contribution in [0.15, 0.2) is 24.3 Å². The van der Waals surface area contributed by atoms with Crippen LogP contribution in [0.5, 0.6) is 0 Å². The number of carbonyl (C=O) groups is 1. The topological polar surface area (TPSA) is 49.8 Å². The van der Waals surface area contributed by atoms with Crippen molar-refractivity contribution in [3.05, 3.63) is 35.4 Å². The van der Waals surface area contributed by atoms with Gasteiger partial charge < -0.3 is 9.84 Å². The van der Waals surface area contributed by atoms with Gasteiger partial charge in [0.05, 0.1) is 11.7 Å². The van der Waals surface area contributed by atoms with Crippen molar-refractivity contribution < 1.29 is 14.6 Å². The Hall–Kier alpha value is -1.39. The number of carboxylic acids is 1. The Kier molecular flexibility index (Phi) is 5.11. The Bertz CT molecular complexity index is 507. The van der Waals surface area contributed by atoms with Crippen LogP contribution in [0.1, 0.15) is 48.0 Å². The van der Waals surface area contributed by atoms with Gasteiger partial charge in [0.15, 0.2) is 0 Å². The van der Waals surface area contributed by atoms with Gasteiger partial charge in [-0.25, -0.2) is 4.79 Å². The summed E-state index contributed by atoms with van der Waals surface area (Å²) in [5, 5.41) is 9.13. The largest absolute Gasteiger partial charge is 0.478 e. The predicted octanol–water partition coefficient (Wildman–Crippen LogP) is 3.17. The third-order valence-electron chi connectivity index (χ3n) is 4.81. The minimum atomic E-state index is -0.855. The molecule has 22 heavy (non-hydrogen) atoms. The van der Waals surface area contributed by atoms with E-state index in [0.29, 0.717) is 11.7 Å². The van der Waals surface area contributed by atoms with Crippen LogP contribution in [0.3, 0.4) is 0 Å². The van der Waals surface area contributed by atoms with Crippen molar-refractivity contribution in [1.29, 1.82) is 0 Å². The van der Waals surface area contributed by atoms with Crippen LogP contribution >= 0.6 is 0 Å². The Labute approximate surface area is 132 Å². The van der Waals surface area contributed by atoms with Crippen molar-refractivity contribution in [2.24, 2.45) is 5.92 Å². The van der Waals surface area contributed by atoms with E-state index < -0.39 is 5.97 Å². The lowest BCUT2D eigenvalue weighted by Gasteiger charge is -2.33. The number of aromatic carboxylic acids is 1. The fourth-order valence-corrected chi connectivity index (χ4v) is 3.38. The van der Waals surface area contributed by atoms with E-state index in [2.05, 4.69) is 4.90 Å². The van der Waals surface area contributed by atoms with Gasteiger partial charge in [-0.05, 0) is 49.3 Å². The summed E-state index contributed by atoms with van der Waals surface area (Å²) >= 11 is 0.